The highest BCUT2D eigenvalue weighted by molar-refractivity contribution is 5.76. The molecule has 0 saturated carbocycles. The van der Waals surface area contributed by atoms with E-state index in [0.717, 1.165) is 4.68 Å². The lowest BCUT2D eigenvalue weighted by molar-refractivity contribution is -0.131. The van der Waals surface area contributed by atoms with Crippen molar-refractivity contribution in [3.05, 3.63) is 46.5 Å². The van der Waals surface area contributed by atoms with Gasteiger partial charge in [-0.1, -0.05) is 6.92 Å². The van der Waals surface area contributed by atoms with Gasteiger partial charge < -0.3 is 9.64 Å². The van der Waals surface area contributed by atoms with E-state index in [4.69, 9.17) is 4.74 Å². The smallest absolute Gasteiger partial charge is 0.267 e. The van der Waals surface area contributed by atoms with Crippen LogP contribution >= 0.6 is 0 Å². The van der Waals surface area contributed by atoms with Crippen molar-refractivity contribution < 1.29 is 13.9 Å². The number of aromatic nitrogens is 4. The highest BCUT2D eigenvalue weighted by Gasteiger charge is 2.29. The number of nitrogens with zero attached hydrogens (tertiary/aromatic N) is 5. The molecule has 1 aliphatic rings. The summed E-state index contributed by atoms with van der Waals surface area (Å²) in [6.07, 6.45) is 3.38. The van der Waals surface area contributed by atoms with Crippen molar-refractivity contribution in [2.24, 2.45) is 0 Å². The van der Waals surface area contributed by atoms with E-state index >= 15 is 0 Å². The van der Waals surface area contributed by atoms with Crippen LogP contribution in [0.3, 0.4) is 0 Å². The lowest BCUT2D eigenvalue weighted by atomic mass is 10.3. The minimum absolute atomic E-state index is 0.0907. The lowest BCUT2D eigenvalue weighted by Crippen LogP contribution is -2.36. The molecule has 0 unspecified atom stereocenters. The summed E-state index contributed by atoms with van der Waals surface area (Å²) in [5.74, 6) is -0.883. The van der Waals surface area contributed by atoms with Gasteiger partial charge in [-0.05, 0) is 12.5 Å². The van der Waals surface area contributed by atoms with Gasteiger partial charge in [-0.3, -0.25) is 9.59 Å². The molecule has 1 fully saturated rings. The molecule has 1 saturated heterocycles. The first-order valence-corrected chi connectivity index (χ1v) is 8.04. The Morgan fingerprint density at radius 3 is 3.04 bits per heavy atom. The molecule has 0 radical (unpaired) electrons. The Kier molecular flexibility index (Phi) is 5.01. The zero-order valence-corrected chi connectivity index (χ0v) is 13.8. The summed E-state index contributed by atoms with van der Waals surface area (Å²) in [5.41, 5.74) is -0.0385. The summed E-state index contributed by atoms with van der Waals surface area (Å²) in [7, 11) is 0. The van der Waals surface area contributed by atoms with E-state index in [1.165, 1.54) is 24.7 Å². The maximum Gasteiger partial charge on any atom is 0.267 e. The van der Waals surface area contributed by atoms with E-state index in [-0.39, 0.29) is 30.0 Å². The third kappa shape index (κ3) is 3.81. The quantitative estimate of drug-likeness (QED) is 0.778. The van der Waals surface area contributed by atoms with Crippen LogP contribution in [0.2, 0.25) is 0 Å². The third-order valence-corrected chi connectivity index (χ3v) is 4.01. The Bertz CT molecular complexity index is 825. The second-order valence-corrected chi connectivity index (χ2v) is 5.68. The molecule has 3 heterocycles. The SMILES string of the molecule is CCc1ncnc(O[C@H]2CCN(C(=O)Cn3ncccc3=O)C2)c1F. The first-order valence-electron chi connectivity index (χ1n) is 8.04. The largest absolute Gasteiger partial charge is 0.470 e. The average molecular weight is 347 g/mol. The van der Waals surface area contributed by atoms with Crippen molar-refractivity contribution in [3.63, 3.8) is 0 Å². The van der Waals surface area contributed by atoms with Crippen LogP contribution in [0, 0.1) is 5.82 Å². The van der Waals surface area contributed by atoms with E-state index in [1.54, 1.807) is 11.8 Å². The molecule has 25 heavy (non-hydrogen) atoms. The number of halogens is 1. The summed E-state index contributed by atoms with van der Waals surface area (Å²) in [6, 6.07) is 2.86. The van der Waals surface area contributed by atoms with Crippen LogP contribution in [0.15, 0.2) is 29.5 Å². The molecule has 1 atom stereocenters. The molecular formula is C16H18FN5O3. The van der Waals surface area contributed by atoms with Gasteiger partial charge in [0.15, 0.2) is 0 Å². The molecule has 0 bridgehead atoms. The van der Waals surface area contributed by atoms with Crippen LogP contribution in [0.4, 0.5) is 4.39 Å². The standard InChI is InChI=1S/C16H18FN5O3/c1-2-12-15(17)16(19-10-18-12)25-11-5-7-21(8-11)14(24)9-22-13(23)4-3-6-20-22/h3-4,6,10-11H,2,5,7-9H2,1H3/t11-/m0/s1. The van der Waals surface area contributed by atoms with Crippen molar-refractivity contribution in [2.45, 2.75) is 32.4 Å². The van der Waals surface area contributed by atoms with Gasteiger partial charge in [-0.25, -0.2) is 9.67 Å². The summed E-state index contributed by atoms with van der Waals surface area (Å²) < 4.78 is 20.8. The number of aryl methyl sites for hydroxylation is 1. The number of carbonyl (C=O) groups is 1. The Morgan fingerprint density at radius 2 is 2.28 bits per heavy atom. The highest BCUT2D eigenvalue weighted by atomic mass is 19.1. The average Bonchev–Trinajstić information content (AvgIpc) is 3.07. The van der Waals surface area contributed by atoms with Gasteiger partial charge in [-0.2, -0.15) is 14.5 Å². The number of likely N-dealkylation sites (tertiary alicyclic amines) is 1. The van der Waals surface area contributed by atoms with E-state index in [0.29, 0.717) is 31.6 Å². The van der Waals surface area contributed by atoms with Crippen LogP contribution in [0.25, 0.3) is 0 Å². The van der Waals surface area contributed by atoms with Gasteiger partial charge in [0.1, 0.15) is 19.0 Å². The second kappa shape index (κ2) is 7.37. The molecule has 0 spiro atoms. The molecule has 8 nitrogen and oxygen atoms in total. The number of hydrogen-bond donors (Lipinski definition) is 0. The zero-order valence-electron chi connectivity index (χ0n) is 13.8. The Hall–Kier alpha value is -2.84. The minimum atomic E-state index is -0.560. The zero-order chi connectivity index (χ0) is 17.8. The molecule has 1 aliphatic heterocycles. The normalized spacial score (nSPS) is 16.9. The van der Waals surface area contributed by atoms with Crippen molar-refractivity contribution in [3.8, 4) is 5.88 Å². The predicted octanol–water partition coefficient (Wildman–Crippen LogP) is 0.415. The van der Waals surface area contributed by atoms with Crippen molar-refractivity contribution >= 4 is 5.91 Å². The molecule has 0 aromatic carbocycles. The Labute approximate surface area is 143 Å². The highest BCUT2D eigenvalue weighted by Crippen LogP contribution is 2.21. The van der Waals surface area contributed by atoms with Crippen LogP contribution in [0.5, 0.6) is 5.88 Å². The summed E-state index contributed by atoms with van der Waals surface area (Å²) >= 11 is 0. The first kappa shape index (κ1) is 17.0. The van der Waals surface area contributed by atoms with Gasteiger partial charge in [0, 0.05) is 25.2 Å². The van der Waals surface area contributed by atoms with E-state index in [2.05, 4.69) is 15.1 Å². The number of hydrogen-bond acceptors (Lipinski definition) is 6. The van der Waals surface area contributed by atoms with Gasteiger partial charge >= 0.3 is 0 Å². The van der Waals surface area contributed by atoms with Gasteiger partial charge in [0.25, 0.3) is 11.4 Å². The molecule has 1 amide bonds. The van der Waals surface area contributed by atoms with E-state index in [9.17, 15) is 14.0 Å². The van der Waals surface area contributed by atoms with Crippen molar-refractivity contribution in [1.29, 1.82) is 0 Å². The monoisotopic (exact) mass is 347 g/mol. The molecule has 3 rings (SSSR count). The maximum absolute atomic E-state index is 14.1. The van der Waals surface area contributed by atoms with Crippen LogP contribution in [-0.4, -0.2) is 49.7 Å². The molecule has 9 heteroatoms. The molecule has 2 aromatic heterocycles. The Balaban J connectivity index is 1.61. The van der Waals surface area contributed by atoms with Gasteiger partial charge in [-0.15, -0.1) is 0 Å². The molecular weight excluding hydrogens is 329 g/mol. The number of ether oxygens (including phenoxy) is 1. The van der Waals surface area contributed by atoms with Crippen LogP contribution < -0.4 is 10.3 Å². The molecule has 2 aromatic rings. The minimum Gasteiger partial charge on any atom is -0.470 e. The van der Waals surface area contributed by atoms with Crippen LogP contribution in [-0.2, 0) is 17.8 Å². The van der Waals surface area contributed by atoms with E-state index < -0.39 is 5.82 Å². The van der Waals surface area contributed by atoms with Gasteiger partial charge in [0.05, 0.1) is 12.2 Å². The number of rotatable bonds is 5. The maximum atomic E-state index is 14.1. The number of carbonyl (C=O) groups excluding carboxylic acids is 1. The summed E-state index contributed by atoms with van der Waals surface area (Å²) in [6.45, 7) is 2.45. The van der Waals surface area contributed by atoms with Crippen molar-refractivity contribution in [2.75, 3.05) is 13.1 Å². The molecule has 0 aliphatic carbocycles. The fraction of sp³-hybridized carbons (Fsp3) is 0.438. The first-order chi connectivity index (χ1) is 12.1. The van der Waals surface area contributed by atoms with Crippen molar-refractivity contribution in [1.82, 2.24) is 24.6 Å². The lowest BCUT2D eigenvalue weighted by Gasteiger charge is -2.17. The summed E-state index contributed by atoms with van der Waals surface area (Å²) in [5, 5.41) is 3.87. The van der Waals surface area contributed by atoms with Gasteiger partial charge in [0.2, 0.25) is 11.7 Å². The molecule has 0 N–H and O–H groups in total. The fourth-order valence-electron chi connectivity index (χ4n) is 2.66. The second-order valence-electron chi connectivity index (χ2n) is 5.68. The topological polar surface area (TPSA) is 90.2 Å². The van der Waals surface area contributed by atoms with Crippen LogP contribution in [0.1, 0.15) is 19.0 Å². The predicted molar refractivity (Wildman–Crippen MR) is 85.5 cm³/mol. The fourth-order valence-corrected chi connectivity index (χ4v) is 2.66. The van der Waals surface area contributed by atoms with E-state index in [1.807, 2.05) is 0 Å². The molecule has 132 valence electrons. The Morgan fingerprint density at radius 1 is 1.44 bits per heavy atom. The third-order valence-electron chi connectivity index (χ3n) is 4.01. The number of amides is 1. The summed E-state index contributed by atoms with van der Waals surface area (Å²) in [4.78, 5) is 33.2.